The lowest BCUT2D eigenvalue weighted by Crippen LogP contribution is -2.36. The normalized spacial score (nSPS) is 13.5. The van der Waals surface area contributed by atoms with E-state index in [0.717, 1.165) is 11.1 Å². The van der Waals surface area contributed by atoms with Crippen molar-refractivity contribution in [2.45, 2.75) is 19.4 Å². The van der Waals surface area contributed by atoms with Gasteiger partial charge in [0.15, 0.2) is 0 Å². The van der Waals surface area contributed by atoms with Gasteiger partial charge in [-0.3, -0.25) is 10.1 Å². The van der Waals surface area contributed by atoms with E-state index in [1.54, 1.807) is 12.1 Å². The molecule has 0 aliphatic carbocycles. The zero-order valence-electron chi connectivity index (χ0n) is 12.0. The number of nitrogens with zero attached hydrogens (tertiary/aromatic N) is 1. The molecule has 0 heterocycles. The third-order valence-corrected chi connectivity index (χ3v) is 3.49. The van der Waals surface area contributed by atoms with Crippen LogP contribution in [0.2, 0.25) is 0 Å². The van der Waals surface area contributed by atoms with Gasteiger partial charge in [0.1, 0.15) is 5.69 Å². The second-order valence-corrected chi connectivity index (χ2v) is 5.26. The molecule has 0 saturated heterocycles. The van der Waals surface area contributed by atoms with E-state index in [1.165, 1.54) is 6.07 Å². The zero-order chi connectivity index (χ0) is 15.5. The molecule has 0 fully saturated rings. The molecular weight excluding hydrogens is 268 g/mol. The van der Waals surface area contributed by atoms with Gasteiger partial charge in [0.05, 0.1) is 17.1 Å². The van der Waals surface area contributed by atoms with Crippen LogP contribution in [0.5, 0.6) is 0 Å². The van der Waals surface area contributed by atoms with Crippen molar-refractivity contribution in [3.05, 3.63) is 69.8 Å². The molecule has 21 heavy (non-hydrogen) atoms. The van der Waals surface area contributed by atoms with E-state index in [9.17, 15) is 15.2 Å². The minimum atomic E-state index is -0.792. The maximum absolute atomic E-state index is 11.1. The van der Waals surface area contributed by atoms with Gasteiger partial charge in [-0.1, -0.05) is 36.4 Å². The average Bonchev–Trinajstić information content (AvgIpc) is 2.47. The van der Waals surface area contributed by atoms with Crippen molar-refractivity contribution < 1.29 is 10.0 Å². The molecular formula is C16H18N2O3. The molecule has 0 radical (unpaired) electrons. The van der Waals surface area contributed by atoms with Gasteiger partial charge in [0.25, 0.3) is 5.69 Å². The van der Waals surface area contributed by atoms with E-state index in [0.29, 0.717) is 5.69 Å². The molecule has 110 valence electrons. The number of aliphatic hydroxyl groups excluding tert-OH is 1. The van der Waals surface area contributed by atoms with Crippen molar-refractivity contribution in [3.63, 3.8) is 0 Å². The van der Waals surface area contributed by atoms with Crippen molar-refractivity contribution in [1.29, 1.82) is 0 Å². The molecule has 1 unspecified atom stereocenters. The number of hydrogen-bond acceptors (Lipinski definition) is 4. The first-order valence-corrected chi connectivity index (χ1v) is 6.66. The summed E-state index contributed by atoms with van der Waals surface area (Å²) in [6, 6.07) is 14.3. The molecule has 0 aliphatic heterocycles. The highest BCUT2D eigenvalue weighted by Gasteiger charge is 2.28. The quantitative estimate of drug-likeness (QED) is 0.653. The van der Waals surface area contributed by atoms with Gasteiger partial charge in [0, 0.05) is 6.07 Å². The lowest BCUT2D eigenvalue weighted by molar-refractivity contribution is -0.384. The van der Waals surface area contributed by atoms with Crippen LogP contribution in [-0.4, -0.2) is 16.6 Å². The van der Waals surface area contributed by atoms with E-state index >= 15 is 0 Å². The van der Waals surface area contributed by atoms with Crippen LogP contribution in [-0.2, 0) is 5.54 Å². The number of nitro benzene ring substituents is 1. The molecule has 0 bridgehead atoms. The first-order valence-electron chi connectivity index (χ1n) is 6.66. The molecule has 1 atom stereocenters. The summed E-state index contributed by atoms with van der Waals surface area (Å²) >= 11 is 0. The first kappa shape index (κ1) is 15.0. The van der Waals surface area contributed by atoms with Crippen LogP contribution >= 0.6 is 0 Å². The number of nitrogens with one attached hydrogen (secondary N) is 1. The molecule has 0 saturated carbocycles. The summed E-state index contributed by atoms with van der Waals surface area (Å²) in [5.74, 6) is 0. The molecule has 2 aromatic carbocycles. The first-order chi connectivity index (χ1) is 9.96. The number of anilines is 1. The Labute approximate surface area is 123 Å². The fourth-order valence-corrected chi connectivity index (χ4v) is 2.22. The van der Waals surface area contributed by atoms with Crippen LogP contribution in [0.1, 0.15) is 18.1 Å². The molecule has 0 aliphatic rings. The molecule has 0 aromatic heterocycles. The maximum Gasteiger partial charge on any atom is 0.292 e. The Bertz CT molecular complexity index is 643. The summed E-state index contributed by atoms with van der Waals surface area (Å²) in [6.45, 7) is 3.50. The lowest BCUT2D eigenvalue weighted by Gasteiger charge is -2.30. The maximum atomic E-state index is 11.1. The Morgan fingerprint density at radius 2 is 1.90 bits per heavy atom. The van der Waals surface area contributed by atoms with E-state index in [4.69, 9.17) is 0 Å². The van der Waals surface area contributed by atoms with Crippen molar-refractivity contribution in [3.8, 4) is 0 Å². The minimum absolute atomic E-state index is 0.00351. The molecule has 0 amide bonds. The third-order valence-electron chi connectivity index (χ3n) is 3.49. The van der Waals surface area contributed by atoms with Gasteiger partial charge >= 0.3 is 0 Å². The monoisotopic (exact) mass is 286 g/mol. The minimum Gasteiger partial charge on any atom is -0.394 e. The fourth-order valence-electron chi connectivity index (χ4n) is 2.22. The second-order valence-electron chi connectivity index (χ2n) is 5.26. The van der Waals surface area contributed by atoms with Gasteiger partial charge in [-0.15, -0.1) is 0 Å². The van der Waals surface area contributed by atoms with Crippen LogP contribution < -0.4 is 5.32 Å². The number of aryl methyl sites for hydroxylation is 1. The molecule has 0 spiro atoms. The van der Waals surface area contributed by atoms with Gasteiger partial charge in [-0.2, -0.15) is 0 Å². The third kappa shape index (κ3) is 3.20. The highest BCUT2D eigenvalue weighted by molar-refractivity contribution is 5.64. The predicted octanol–water partition coefficient (Wildman–Crippen LogP) is 3.22. The highest BCUT2D eigenvalue weighted by atomic mass is 16.6. The van der Waals surface area contributed by atoms with Gasteiger partial charge in [-0.05, 0) is 31.0 Å². The standard InChI is InChI=1S/C16H18N2O3/c1-12-8-9-15(18(20)21)14(10-12)17-16(2,11-19)13-6-4-3-5-7-13/h3-10,17,19H,11H2,1-2H3. The summed E-state index contributed by atoms with van der Waals surface area (Å²) in [5.41, 5.74) is 1.39. The summed E-state index contributed by atoms with van der Waals surface area (Å²) in [7, 11) is 0. The van der Waals surface area contributed by atoms with Crippen molar-refractivity contribution in [2.24, 2.45) is 0 Å². The van der Waals surface area contributed by atoms with Gasteiger partial charge < -0.3 is 10.4 Å². The number of aliphatic hydroxyl groups is 1. The largest absolute Gasteiger partial charge is 0.394 e. The predicted molar refractivity (Wildman–Crippen MR) is 82.3 cm³/mol. The van der Waals surface area contributed by atoms with E-state index in [1.807, 2.05) is 44.2 Å². The summed E-state index contributed by atoms with van der Waals surface area (Å²) in [6.07, 6.45) is 0. The van der Waals surface area contributed by atoms with E-state index < -0.39 is 10.5 Å². The SMILES string of the molecule is Cc1ccc([N+](=O)[O-])c(NC(C)(CO)c2ccccc2)c1. The molecule has 5 nitrogen and oxygen atoms in total. The Morgan fingerprint density at radius 3 is 2.48 bits per heavy atom. The summed E-state index contributed by atoms with van der Waals surface area (Å²) in [4.78, 5) is 10.7. The number of rotatable bonds is 5. The molecule has 2 N–H and O–H groups in total. The number of hydrogen-bond donors (Lipinski definition) is 2. The average molecular weight is 286 g/mol. The summed E-state index contributed by atoms with van der Waals surface area (Å²) < 4.78 is 0. The van der Waals surface area contributed by atoms with Crippen molar-refractivity contribution >= 4 is 11.4 Å². The van der Waals surface area contributed by atoms with E-state index in [-0.39, 0.29) is 12.3 Å². The fraction of sp³-hybridized carbons (Fsp3) is 0.250. The Kier molecular flexibility index (Phi) is 4.23. The zero-order valence-corrected chi connectivity index (χ0v) is 12.0. The number of benzene rings is 2. The van der Waals surface area contributed by atoms with Crippen LogP contribution in [0.4, 0.5) is 11.4 Å². The van der Waals surface area contributed by atoms with Crippen LogP contribution in [0.15, 0.2) is 48.5 Å². The molecule has 5 heteroatoms. The van der Waals surface area contributed by atoms with Crippen LogP contribution in [0.25, 0.3) is 0 Å². The molecule has 2 rings (SSSR count). The molecule has 2 aromatic rings. The second kappa shape index (κ2) is 5.93. The topological polar surface area (TPSA) is 75.4 Å². The van der Waals surface area contributed by atoms with Gasteiger partial charge in [-0.25, -0.2) is 0 Å². The summed E-state index contributed by atoms with van der Waals surface area (Å²) in [5, 5.41) is 24.0. The highest BCUT2D eigenvalue weighted by Crippen LogP contribution is 2.32. The number of nitro groups is 1. The Balaban J connectivity index is 2.44. The van der Waals surface area contributed by atoms with E-state index in [2.05, 4.69) is 5.32 Å². The Morgan fingerprint density at radius 1 is 1.24 bits per heavy atom. The van der Waals surface area contributed by atoms with Crippen LogP contribution in [0, 0.1) is 17.0 Å². The lowest BCUT2D eigenvalue weighted by atomic mass is 9.92. The van der Waals surface area contributed by atoms with Crippen LogP contribution in [0.3, 0.4) is 0 Å². The smallest absolute Gasteiger partial charge is 0.292 e. The van der Waals surface area contributed by atoms with Crippen molar-refractivity contribution in [1.82, 2.24) is 0 Å². The Hall–Kier alpha value is -2.40. The van der Waals surface area contributed by atoms with Crippen molar-refractivity contribution in [2.75, 3.05) is 11.9 Å². The van der Waals surface area contributed by atoms with Gasteiger partial charge in [0.2, 0.25) is 0 Å².